The van der Waals surface area contributed by atoms with Gasteiger partial charge in [-0.1, -0.05) is 12.5 Å². The van der Waals surface area contributed by atoms with Crippen LogP contribution in [0.4, 0.5) is 0 Å². The summed E-state index contributed by atoms with van der Waals surface area (Å²) in [6.45, 7) is 5.80. The van der Waals surface area contributed by atoms with Crippen molar-refractivity contribution in [3.8, 4) is 0 Å². The van der Waals surface area contributed by atoms with E-state index in [4.69, 9.17) is 9.15 Å². The smallest absolute Gasteiger partial charge is 0.335 e. The Balaban J connectivity index is 1.42. The van der Waals surface area contributed by atoms with Gasteiger partial charge in [-0.25, -0.2) is 9.59 Å². The summed E-state index contributed by atoms with van der Waals surface area (Å²) in [5, 5.41) is 24.3. The second-order valence-corrected chi connectivity index (χ2v) is 12.3. The number of allylic oxidation sites excluding steroid dienone is 1. The van der Waals surface area contributed by atoms with Gasteiger partial charge in [0.15, 0.2) is 0 Å². The van der Waals surface area contributed by atoms with Crippen LogP contribution >= 0.6 is 0 Å². The third-order valence-electron chi connectivity index (χ3n) is 10.5. The van der Waals surface area contributed by atoms with Gasteiger partial charge in [0.2, 0.25) is 0 Å². The van der Waals surface area contributed by atoms with Gasteiger partial charge < -0.3 is 24.2 Å². The van der Waals surface area contributed by atoms with E-state index in [0.29, 0.717) is 32.1 Å². The molecule has 8 atom stereocenters. The van der Waals surface area contributed by atoms with Crippen LogP contribution in [0.15, 0.2) is 39.3 Å². The van der Waals surface area contributed by atoms with Crippen molar-refractivity contribution in [3.05, 3.63) is 46.0 Å². The molecule has 1 aromatic rings. The minimum atomic E-state index is -1.25. The molecule has 0 amide bonds. The van der Waals surface area contributed by atoms with Gasteiger partial charge in [0.05, 0.1) is 22.9 Å². The van der Waals surface area contributed by atoms with Crippen LogP contribution in [0.3, 0.4) is 0 Å². The molecule has 196 valence electrons. The Kier molecular flexibility index (Phi) is 6.11. The molecule has 4 aliphatic rings. The highest BCUT2D eigenvalue weighted by Crippen LogP contribution is 2.71. The van der Waals surface area contributed by atoms with Crippen molar-refractivity contribution in [2.24, 2.45) is 22.7 Å². The van der Waals surface area contributed by atoms with Crippen molar-refractivity contribution in [3.63, 3.8) is 0 Å². The SMILES string of the molecule is CC(C)=CC(=O)OC1CC[C@]2(C=O)C3CC[C@]4(C)C(c5ccc(=O)oc5)CC[C@]4(O)C3CC[C@]2(O)C1. The zero-order valence-corrected chi connectivity index (χ0v) is 21.5. The second-order valence-electron chi connectivity index (χ2n) is 12.3. The summed E-state index contributed by atoms with van der Waals surface area (Å²) in [5.74, 6) is -0.584. The molecule has 4 unspecified atom stereocenters. The zero-order chi connectivity index (χ0) is 25.9. The Morgan fingerprint density at radius 1 is 1.06 bits per heavy atom. The normalized spacial score (nSPS) is 43.5. The van der Waals surface area contributed by atoms with Crippen molar-refractivity contribution in [1.82, 2.24) is 0 Å². The molecule has 1 heterocycles. The first-order chi connectivity index (χ1) is 17.0. The number of carbonyl (C=O) groups is 2. The molecule has 4 aliphatic carbocycles. The van der Waals surface area contributed by atoms with Crippen molar-refractivity contribution >= 4 is 12.3 Å². The summed E-state index contributed by atoms with van der Waals surface area (Å²) in [6.07, 6.45) is 8.60. The quantitative estimate of drug-likeness (QED) is 0.366. The lowest BCUT2D eigenvalue weighted by Crippen LogP contribution is -2.68. The van der Waals surface area contributed by atoms with Crippen LogP contribution in [-0.2, 0) is 14.3 Å². The molecule has 0 spiro atoms. The topological polar surface area (TPSA) is 114 Å². The molecule has 7 nitrogen and oxygen atoms in total. The van der Waals surface area contributed by atoms with Gasteiger partial charge in [0.1, 0.15) is 12.4 Å². The number of rotatable bonds is 4. The Hall–Kier alpha value is -2.25. The maximum atomic E-state index is 12.8. The Morgan fingerprint density at radius 2 is 1.81 bits per heavy atom. The number of hydrogen-bond donors (Lipinski definition) is 2. The standard InChI is InChI=1S/C29H38O7/c1-18(2)14-25(32)36-20-6-11-27(17-30)22-7-10-26(3)21(19-4-5-24(31)35-16-19)9-13-29(26,34)23(22)8-12-28(27,33)15-20/h4-5,14,16-17,20-23,33-34H,6-13,15H2,1-3H3/t20?,21?,22?,23?,26-,27+,28+,29+/m1/s1. The van der Waals surface area contributed by atoms with Crippen LogP contribution in [0.5, 0.6) is 0 Å². The molecule has 7 heteroatoms. The van der Waals surface area contributed by atoms with Crippen LogP contribution in [0.2, 0.25) is 0 Å². The van der Waals surface area contributed by atoms with E-state index in [1.807, 2.05) is 19.9 Å². The summed E-state index contributed by atoms with van der Waals surface area (Å²) in [6, 6.07) is 3.25. The molecule has 2 N–H and O–H groups in total. The Labute approximate surface area is 211 Å². The molecular formula is C29H38O7. The van der Waals surface area contributed by atoms with Gasteiger partial charge in [0, 0.05) is 24.0 Å². The van der Waals surface area contributed by atoms with E-state index in [2.05, 4.69) is 6.92 Å². The second kappa shape index (κ2) is 8.66. The van der Waals surface area contributed by atoms with Gasteiger partial charge in [0.25, 0.3) is 0 Å². The van der Waals surface area contributed by atoms with Gasteiger partial charge in [-0.2, -0.15) is 0 Å². The summed E-state index contributed by atoms with van der Waals surface area (Å²) >= 11 is 0. The minimum absolute atomic E-state index is 0.0611. The molecule has 4 fully saturated rings. The number of esters is 1. The van der Waals surface area contributed by atoms with Crippen LogP contribution in [0, 0.1) is 22.7 Å². The van der Waals surface area contributed by atoms with Crippen LogP contribution in [-0.4, -0.2) is 39.8 Å². The van der Waals surface area contributed by atoms with E-state index in [-0.39, 0.29) is 29.8 Å². The summed E-state index contributed by atoms with van der Waals surface area (Å²) < 4.78 is 10.8. The van der Waals surface area contributed by atoms with Gasteiger partial charge in [-0.3, -0.25) is 0 Å². The summed E-state index contributed by atoms with van der Waals surface area (Å²) in [5.41, 5.74) is -2.20. The van der Waals surface area contributed by atoms with E-state index >= 15 is 0 Å². The third kappa shape index (κ3) is 3.57. The molecular weight excluding hydrogens is 460 g/mol. The molecule has 1 aromatic heterocycles. The van der Waals surface area contributed by atoms with Gasteiger partial charge in [-0.15, -0.1) is 0 Å². The highest BCUT2D eigenvalue weighted by atomic mass is 16.5. The number of fused-ring (bicyclic) bond motifs is 5. The number of hydrogen-bond acceptors (Lipinski definition) is 7. The first-order valence-corrected chi connectivity index (χ1v) is 13.3. The van der Waals surface area contributed by atoms with E-state index in [0.717, 1.165) is 36.7 Å². The first kappa shape index (κ1) is 25.4. The fourth-order valence-electron chi connectivity index (χ4n) is 8.77. The third-order valence-corrected chi connectivity index (χ3v) is 10.5. The van der Waals surface area contributed by atoms with E-state index in [1.165, 1.54) is 18.4 Å². The molecule has 0 aromatic carbocycles. The lowest BCUT2D eigenvalue weighted by molar-refractivity contribution is -0.248. The number of aliphatic hydroxyl groups is 2. The number of ether oxygens (including phenoxy) is 1. The molecule has 4 saturated carbocycles. The molecule has 0 saturated heterocycles. The molecule has 36 heavy (non-hydrogen) atoms. The molecule has 0 bridgehead atoms. The van der Waals surface area contributed by atoms with E-state index < -0.39 is 34.1 Å². The fraction of sp³-hybridized carbons (Fsp3) is 0.690. The predicted molar refractivity (Wildman–Crippen MR) is 132 cm³/mol. The van der Waals surface area contributed by atoms with Crippen molar-refractivity contribution in [1.29, 1.82) is 0 Å². The highest BCUT2D eigenvalue weighted by molar-refractivity contribution is 5.82. The fourth-order valence-corrected chi connectivity index (χ4v) is 8.77. The van der Waals surface area contributed by atoms with Crippen LogP contribution in [0.1, 0.15) is 90.0 Å². The lowest BCUT2D eigenvalue weighted by Gasteiger charge is -2.65. The van der Waals surface area contributed by atoms with Gasteiger partial charge in [-0.05, 0) is 94.6 Å². The molecule has 0 aliphatic heterocycles. The average molecular weight is 499 g/mol. The Morgan fingerprint density at radius 3 is 2.47 bits per heavy atom. The average Bonchev–Trinajstić information content (AvgIpc) is 3.09. The maximum Gasteiger partial charge on any atom is 0.335 e. The van der Waals surface area contributed by atoms with Crippen molar-refractivity contribution < 1.29 is 29.0 Å². The number of aldehydes is 1. The van der Waals surface area contributed by atoms with Crippen LogP contribution in [0.25, 0.3) is 0 Å². The van der Waals surface area contributed by atoms with Gasteiger partial charge >= 0.3 is 11.6 Å². The summed E-state index contributed by atoms with van der Waals surface area (Å²) in [4.78, 5) is 36.6. The van der Waals surface area contributed by atoms with Crippen LogP contribution < -0.4 is 5.63 Å². The maximum absolute atomic E-state index is 12.8. The highest BCUT2D eigenvalue weighted by Gasteiger charge is 2.71. The zero-order valence-electron chi connectivity index (χ0n) is 21.5. The first-order valence-electron chi connectivity index (χ1n) is 13.3. The molecule has 0 radical (unpaired) electrons. The Bertz CT molecular complexity index is 1110. The van der Waals surface area contributed by atoms with Crippen molar-refractivity contribution in [2.45, 2.75) is 102 Å². The largest absolute Gasteiger partial charge is 0.459 e. The van der Waals surface area contributed by atoms with Crippen molar-refractivity contribution in [2.75, 3.05) is 0 Å². The van der Waals surface area contributed by atoms with E-state index in [9.17, 15) is 24.6 Å². The molecule has 5 rings (SSSR count). The predicted octanol–water partition coefficient (Wildman–Crippen LogP) is 4.05. The lowest BCUT2D eigenvalue weighted by atomic mass is 9.41. The minimum Gasteiger partial charge on any atom is -0.459 e. The summed E-state index contributed by atoms with van der Waals surface area (Å²) in [7, 11) is 0. The monoisotopic (exact) mass is 498 g/mol. The number of carbonyl (C=O) groups excluding carboxylic acids is 2. The van der Waals surface area contributed by atoms with E-state index in [1.54, 1.807) is 0 Å².